The molecule has 7 heteroatoms. The summed E-state index contributed by atoms with van der Waals surface area (Å²) in [5.41, 5.74) is 0.873. The number of amides is 3. The second-order valence-corrected chi connectivity index (χ2v) is 6.19. The van der Waals surface area contributed by atoms with Gasteiger partial charge in [-0.05, 0) is 17.9 Å². The number of carbonyl (C=O) groups excluding carboxylic acids is 4. The Bertz CT molecular complexity index is 575. The minimum Gasteiger partial charge on any atom is -0.350 e. The molecule has 1 aromatic rings. The summed E-state index contributed by atoms with van der Waals surface area (Å²) < 4.78 is 0. The van der Waals surface area contributed by atoms with Gasteiger partial charge in [-0.1, -0.05) is 44.2 Å². The maximum atomic E-state index is 12.5. The van der Waals surface area contributed by atoms with Crippen molar-refractivity contribution >= 4 is 24.5 Å². The molecular weight excluding hydrogens is 322 g/mol. The smallest absolute Gasteiger partial charge is 0.243 e. The first kappa shape index (κ1) is 20.3. The predicted molar refractivity (Wildman–Crippen MR) is 93.6 cm³/mol. The van der Waals surface area contributed by atoms with E-state index in [4.69, 9.17) is 0 Å². The number of benzene rings is 1. The van der Waals surface area contributed by atoms with Gasteiger partial charge in [-0.2, -0.15) is 0 Å². The number of rotatable bonds is 11. The quantitative estimate of drug-likeness (QED) is 0.497. The molecular formula is C18H25N3O4. The van der Waals surface area contributed by atoms with Crippen molar-refractivity contribution in [3.63, 3.8) is 0 Å². The molecule has 0 saturated carbocycles. The van der Waals surface area contributed by atoms with Gasteiger partial charge in [0.2, 0.25) is 18.2 Å². The van der Waals surface area contributed by atoms with Crippen molar-refractivity contribution in [1.29, 1.82) is 0 Å². The van der Waals surface area contributed by atoms with Crippen LogP contribution in [0.2, 0.25) is 0 Å². The van der Waals surface area contributed by atoms with Gasteiger partial charge < -0.3 is 20.7 Å². The standard InChI is InChI=1S/C18H25N3O4/c1-13(2)8-15(11-22)20-18(25)16(21-17(24)10-19-12-23)9-14-6-4-3-5-7-14/h3-7,11-13,15-16H,8-10H2,1-2H3,(H,19,23)(H,20,25)(H,21,24)/t15-,16?/m1/s1. The largest absolute Gasteiger partial charge is 0.350 e. The van der Waals surface area contributed by atoms with Crippen molar-refractivity contribution < 1.29 is 19.2 Å². The van der Waals surface area contributed by atoms with Gasteiger partial charge in [0.1, 0.15) is 12.3 Å². The molecule has 0 fully saturated rings. The molecule has 0 aliphatic carbocycles. The summed E-state index contributed by atoms with van der Waals surface area (Å²) in [5, 5.41) is 7.52. The van der Waals surface area contributed by atoms with Gasteiger partial charge in [-0.25, -0.2) is 0 Å². The molecule has 3 N–H and O–H groups in total. The minimum atomic E-state index is -0.835. The van der Waals surface area contributed by atoms with E-state index in [1.54, 1.807) is 0 Å². The summed E-state index contributed by atoms with van der Waals surface area (Å²) in [6, 6.07) is 7.80. The van der Waals surface area contributed by atoms with Crippen LogP contribution in [0.15, 0.2) is 30.3 Å². The Hall–Kier alpha value is -2.70. The summed E-state index contributed by atoms with van der Waals surface area (Å²) in [5.74, 6) is -0.662. The zero-order valence-electron chi connectivity index (χ0n) is 14.5. The van der Waals surface area contributed by atoms with Crippen LogP contribution < -0.4 is 16.0 Å². The van der Waals surface area contributed by atoms with Crippen LogP contribution in [0.3, 0.4) is 0 Å². The lowest BCUT2D eigenvalue weighted by Crippen LogP contribution is -2.52. The lowest BCUT2D eigenvalue weighted by Gasteiger charge is -2.22. The van der Waals surface area contributed by atoms with Crippen LogP contribution in [0.5, 0.6) is 0 Å². The van der Waals surface area contributed by atoms with Crippen LogP contribution in [0.1, 0.15) is 25.8 Å². The van der Waals surface area contributed by atoms with E-state index in [-0.39, 0.29) is 18.9 Å². The van der Waals surface area contributed by atoms with Gasteiger partial charge in [-0.15, -0.1) is 0 Å². The third-order valence-corrected chi connectivity index (χ3v) is 3.50. The van der Waals surface area contributed by atoms with Gasteiger partial charge in [0.05, 0.1) is 12.6 Å². The van der Waals surface area contributed by atoms with Crippen molar-refractivity contribution in [2.24, 2.45) is 5.92 Å². The number of nitrogens with one attached hydrogen (secondary N) is 3. The molecule has 0 saturated heterocycles. The fraction of sp³-hybridized carbons (Fsp3) is 0.444. The van der Waals surface area contributed by atoms with Crippen molar-refractivity contribution in [2.75, 3.05) is 6.54 Å². The minimum absolute atomic E-state index is 0.217. The van der Waals surface area contributed by atoms with Gasteiger partial charge in [0.15, 0.2) is 0 Å². The van der Waals surface area contributed by atoms with Gasteiger partial charge in [0, 0.05) is 6.42 Å². The zero-order chi connectivity index (χ0) is 18.7. The van der Waals surface area contributed by atoms with E-state index in [1.807, 2.05) is 44.2 Å². The van der Waals surface area contributed by atoms with Crippen LogP contribution in [0.4, 0.5) is 0 Å². The summed E-state index contributed by atoms with van der Waals surface area (Å²) in [6.45, 7) is 3.69. The molecule has 0 radical (unpaired) electrons. The first-order chi connectivity index (χ1) is 12.0. The van der Waals surface area contributed by atoms with E-state index in [0.717, 1.165) is 5.56 Å². The Kier molecular flexibility index (Phi) is 8.92. The molecule has 1 rings (SSSR count). The van der Waals surface area contributed by atoms with E-state index in [2.05, 4.69) is 16.0 Å². The maximum Gasteiger partial charge on any atom is 0.243 e. The summed E-state index contributed by atoms with van der Waals surface area (Å²) in [4.78, 5) is 45.9. The van der Waals surface area contributed by atoms with Crippen LogP contribution in [-0.2, 0) is 25.6 Å². The molecule has 0 spiro atoms. The van der Waals surface area contributed by atoms with Crippen molar-refractivity contribution in [3.8, 4) is 0 Å². The Morgan fingerprint density at radius 2 is 1.76 bits per heavy atom. The number of aldehydes is 1. The molecule has 0 heterocycles. The predicted octanol–water partition coefficient (Wildman–Crippen LogP) is 0.190. The summed E-state index contributed by atoms with van der Waals surface area (Å²) >= 11 is 0. The highest BCUT2D eigenvalue weighted by Crippen LogP contribution is 2.06. The second-order valence-electron chi connectivity index (χ2n) is 6.19. The normalized spacial score (nSPS) is 12.8. The van der Waals surface area contributed by atoms with Crippen molar-refractivity contribution in [3.05, 3.63) is 35.9 Å². The molecule has 136 valence electrons. The van der Waals surface area contributed by atoms with E-state index < -0.39 is 23.9 Å². The summed E-state index contributed by atoms with van der Waals surface area (Å²) in [6.07, 6.45) is 1.92. The van der Waals surface area contributed by atoms with E-state index in [9.17, 15) is 19.2 Å². The Morgan fingerprint density at radius 3 is 2.32 bits per heavy atom. The molecule has 0 bridgehead atoms. The van der Waals surface area contributed by atoms with E-state index in [1.165, 1.54) is 0 Å². The van der Waals surface area contributed by atoms with Crippen LogP contribution in [0, 0.1) is 5.92 Å². The first-order valence-corrected chi connectivity index (χ1v) is 8.22. The Morgan fingerprint density at radius 1 is 1.08 bits per heavy atom. The third-order valence-electron chi connectivity index (χ3n) is 3.50. The van der Waals surface area contributed by atoms with Gasteiger partial charge in [0.25, 0.3) is 0 Å². The topological polar surface area (TPSA) is 104 Å². The summed E-state index contributed by atoms with van der Waals surface area (Å²) in [7, 11) is 0. The van der Waals surface area contributed by atoms with Crippen molar-refractivity contribution in [2.45, 2.75) is 38.8 Å². The lowest BCUT2D eigenvalue weighted by atomic mass is 10.0. The Labute approximate surface area is 147 Å². The SMILES string of the molecule is CC(C)C[C@H](C=O)NC(=O)C(Cc1ccccc1)NC(=O)CNC=O. The molecule has 7 nitrogen and oxygen atoms in total. The zero-order valence-corrected chi connectivity index (χ0v) is 14.5. The molecule has 1 unspecified atom stereocenters. The highest BCUT2D eigenvalue weighted by Gasteiger charge is 2.23. The van der Waals surface area contributed by atoms with E-state index >= 15 is 0 Å². The van der Waals surface area contributed by atoms with Crippen molar-refractivity contribution in [1.82, 2.24) is 16.0 Å². The molecule has 0 aliphatic heterocycles. The number of carbonyl (C=O) groups is 4. The molecule has 2 atom stereocenters. The number of hydrogen-bond donors (Lipinski definition) is 3. The third kappa shape index (κ3) is 8.10. The Balaban J connectivity index is 2.80. The second kappa shape index (κ2) is 11.0. The van der Waals surface area contributed by atoms with Gasteiger partial charge >= 0.3 is 0 Å². The molecule has 25 heavy (non-hydrogen) atoms. The number of hydrogen-bond acceptors (Lipinski definition) is 4. The van der Waals surface area contributed by atoms with E-state index in [0.29, 0.717) is 19.1 Å². The molecule has 1 aromatic carbocycles. The van der Waals surface area contributed by atoms with Gasteiger partial charge in [-0.3, -0.25) is 14.4 Å². The lowest BCUT2D eigenvalue weighted by molar-refractivity contribution is -0.130. The average Bonchev–Trinajstić information content (AvgIpc) is 2.59. The highest BCUT2D eigenvalue weighted by atomic mass is 16.2. The maximum absolute atomic E-state index is 12.5. The fourth-order valence-corrected chi connectivity index (χ4v) is 2.38. The molecule has 0 aliphatic rings. The van der Waals surface area contributed by atoms with Crippen LogP contribution in [-0.4, -0.2) is 43.1 Å². The average molecular weight is 347 g/mol. The highest BCUT2D eigenvalue weighted by molar-refractivity contribution is 5.90. The van der Waals surface area contributed by atoms with Crippen LogP contribution >= 0.6 is 0 Å². The fourth-order valence-electron chi connectivity index (χ4n) is 2.38. The molecule has 0 aromatic heterocycles. The first-order valence-electron chi connectivity index (χ1n) is 8.22. The monoisotopic (exact) mass is 347 g/mol. The van der Waals surface area contributed by atoms with Crippen LogP contribution in [0.25, 0.3) is 0 Å². The molecule has 3 amide bonds.